The molecule has 0 bridgehead atoms. The van der Waals surface area contributed by atoms with Crippen LogP contribution in [0, 0.1) is 5.92 Å². The fourth-order valence-corrected chi connectivity index (χ4v) is 3.90. The van der Waals surface area contributed by atoms with Gasteiger partial charge in [-0.2, -0.15) is 0 Å². The van der Waals surface area contributed by atoms with Gasteiger partial charge in [0, 0.05) is 25.0 Å². The molecule has 2 N–H and O–H groups in total. The van der Waals surface area contributed by atoms with Crippen LogP contribution in [-0.2, 0) is 13.1 Å². The maximum absolute atomic E-state index is 13.1. The van der Waals surface area contributed by atoms with Crippen molar-refractivity contribution >= 4 is 11.0 Å². The van der Waals surface area contributed by atoms with Gasteiger partial charge in [-0.3, -0.25) is 14.1 Å². The van der Waals surface area contributed by atoms with E-state index in [0.717, 1.165) is 48.8 Å². The molecule has 4 rings (SSSR count). The van der Waals surface area contributed by atoms with Gasteiger partial charge in [0.25, 0.3) is 0 Å². The zero-order chi connectivity index (χ0) is 17.2. The van der Waals surface area contributed by atoms with Crippen molar-refractivity contribution in [2.45, 2.75) is 44.8 Å². The Kier molecular flexibility index (Phi) is 4.40. The van der Waals surface area contributed by atoms with Crippen LogP contribution in [0.25, 0.3) is 11.0 Å². The Morgan fingerprint density at radius 1 is 0.960 bits per heavy atom. The SMILES string of the molecule is NC1CCC(Cn2c(=O)n(Cc3ccncc3)c3ccccc32)CC1. The van der Waals surface area contributed by atoms with Crippen molar-refractivity contribution < 1.29 is 0 Å². The molecule has 1 saturated carbocycles. The van der Waals surface area contributed by atoms with Gasteiger partial charge in [-0.15, -0.1) is 0 Å². The minimum absolute atomic E-state index is 0.0767. The van der Waals surface area contributed by atoms with Crippen LogP contribution in [0.1, 0.15) is 31.2 Å². The van der Waals surface area contributed by atoms with E-state index in [4.69, 9.17) is 5.73 Å². The average Bonchev–Trinajstić information content (AvgIpc) is 2.90. The van der Waals surface area contributed by atoms with E-state index in [-0.39, 0.29) is 5.69 Å². The molecule has 3 aromatic rings. The van der Waals surface area contributed by atoms with Crippen molar-refractivity contribution in [1.29, 1.82) is 0 Å². The summed E-state index contributed by atoms with van der Waals surface area (Å²) in [7, 11) is 0. The van der Waals surface area contributed by atoms with Crippen molar-refractivity contribution in [2.24, 2.45) is 11.7 Å². The third kappa shape index (κ3) is 3.24. The molecule has 0 spiro atoms. The standard InChI is InChI=1S/C20H24N4O/c21-17-7-5-15(6-8-17)13-23-18-3-1-2-4-19(18)24(20(23)25)14-16-9-11-22-12-10-16/h1-4,9-12,15,17H,5-8,13-14,21H2. The first-order valence-corrected chi connectivity index (χ1v) is 9.05. The predicted octanol–water partition coefficient (Wildman–Crippen LogP) is 2.76. The second kappa shape index (κ2) is 6.84. The van der Waals surface area contributed by atoms with Crippen molar-refractivity contribution in [2.75, 3.05) is 0 Å². The van der Waals surface area contributed by atoms with E-state index in [1.807, 2.05) is 45.5 Å². The van der Waals surface area contributed by atoms with Crippen LogP contribution >= 0.6 is 0 Å². The molecule has 0 amide bonds. The number of rotatable bonds is 4. The largest absolute Gasteiger partial charge is 0.329 e. The summed E-state index contributed by atoms with van der Waals surface area (Å²) in [6.07, 6.45) is 7.88. The van der Waals surface area contributed by atoms with Crippen LogP contribution in [0.3, 0.4) is 0 Å². The lowest BCUT2D eigenvalue weighted by molar-refractivity contribution is 0.294. The summed E-state index contributed by atoms with van der Waals surface area (Å²) in [4.78, 5) is 17.2. The highest BCUT2D eigenvalue weighted by Gasteiger charge is 2.21. The summed E-state index contributed by atoms with van der Waals surface area (Å²) in [6, 6.07) is 12.3. The molecule has 0 unspecified atom stereocenters. The van der Waals surface area contributed by atoms with Gasteiger partial charge in [0.05, 0.1) is 17.6 Å². The number of benzene rings is 1. The van der Waals surface area contributed by atoms with Crippen LogP contribution in [0.2, 0.25) is 0 Å². The molecule has 5 heteroatoms. The fourth-order valence-electron chi connectivity index (χ4n) is 3.90. The second-order valence-corrected chi connectivity index (χ2v) is 7.10. The van der Waals surface area contributed by atoms with E-state index in [1.165, 1.54) is 0 Å². The molecule has 0 saturated heterocycles. The molecule has 0 radical (unpaired) electrons. The molecular formula is C20H24N4O. The number of aromatic nitrogens is 3. The zero-order valence-corrected chi connectivity index (χ0v) is 14.3. The maximum atomic E-state index is 13.1. The Bertz CT molecular complexity index is 904. The molecule has 0 atom stereocenters. The Labute approximate surface area is 147 Å². The normalized spacial score (nSPS) is 20.8. The van der Waals surface area contributed by atoms with E-state index < -0.39 is 0 Å². The molecule has 2 heterocycles. The summed E-state index contributed by atoms with van der Waals surface area (Å²) in [5.41, 5.74) is 9.21. The smallest absolute Gasteiger partial charge is 0.328 e. The van der Waals surface area contributed by atoms with Gasteiger partial charge in [-0.1, -0.05) is 12.1 Å². The van der Waals surface area contributed by atoms with Gasteiger partial charge < -0.3 is 5.73 Å². The van der Waals surface area contributed by atoms with Crippen molar-refractivity contribution in [1.82, 2.24) is 14.1 Å². The lowest BCUT2D eigenvalue weighted by Gasteiger charge is -2.26. The first kappa shape index (κ1) is 16.1. The number of nitrogens with zero attached hydrogens (tertiary/aromatic N) is 3. The number of imidazole rings is 1. The van der Waals surface area contributed by atoms with E-state index in [0.29, 0.717) is 18.5 Å². The Balaban J connectivity index is 1.70. The monoisotopic (exact) mass is 336 g/mol. The highest BCUT2D eigenvalue weighted by molar-refractivity contribution is 5.76. The lowest BCUT2D eigenvalue weighted by Crippen LogP contribution is -2.31. The molecule has 2 aromatic heterocycles. The zero-order valence-electron chi connectivity index (χ0n) is 14.3. The first-order valence-electron chi connectivity index (χ1n) is 9.05. The molecule has 1 fully saturated rings. The van der Waals surface area contributed by atoms with Gasteiger partial charge in [0.1, 0.15) is 0 Å². The van der Waals surface area contributed by atoms with E-state index >= 15 is 0 Å². The minimum atomic E-state index is 0.0767. The topological polar surface area (TPSA) is 65.8 Å². The van der Waals surface area contributed by atoms with Crippen LogP contribution in [0.5, 0.6) is 0 Å². The number of para-hydroxylation sites is 2. The molecule has 25 heavy (non-hydrogen) atoms. The molecular weight excluding hydrogens is 312 g/mol. The van der Waals surface area contributed by atoms with E-state index in [2.05, 4.69) is 4.98 Å². The van der Waals surface area contributed by atoms with Crippen LogP contribution in [0.4, 0.5) is 0 Å². The Morgan fingerprint density at radius 3 is 2.28 bits per heavy atom. The summed E-state index contributed by atoms with van der Waals surface area (Å²) >= 11 is 0. The lowest BCUT2D eigenvalue weighted by atomic mass is 9.86. The summed E-state index contributed by atoms with van der Waals surface area (Å²) in [5, 5.41) is 0. The van der Waals surface area contributed by atoms with Crippen molar-refractivity contribution in [3.8, 4) is 0 Å². The first-order chi connectivity index (χ1) is 12.2. The van der Waals surface area contributed by atoms with Crippen molar-refractivity contribution in [3.63, 3.8) is 0 Å². The average molecular weight is 336 g/mol. The van der Waals surface area contributed by atoms with Gasteiger partial charge in [-0.25, -0.2) is 4.79 Å². The maximum Gasteiger partial charge on any atom is 0.329 e. The second-order valence-electron chi connectivity index (χ2n) is 7.10. The van der Waals surface area contributed by atoms with Gasteiger partial charge in [0.15, 0.2) is 0 Å². The molecule has 0 aliphatic heterocycles. The minimum Gasteiger partial charge on any atom is -0.328 e. The third-order valence-electron chi connectivity index (χ3n) is 5.35. The number of fused-ring (bicyclic) bond motifs is 1. The Morgan fingerprint density at radius 2 is 1.60 bits per heavy atom. The van der Waals surface area contributed by atoms with E-state index in [9.17, 15) is 4.79 Å². The van der Waals surface area contributed by atoms with E-state index in [1.54, 1.807) is 12.4 Å². The Hall–Kier alpha value is -2.40. The number of nitrogens with two attached hydrogens (primary N) is 1. The number of hydrogen-bond donors (Lipinski definition) is 1. The molecule has 5 nitrogen and oxygen atoms in total. The summed E-state index contributed by atoms with van der Waals surface area (Å²) < 4.78 is 3.83. The van der Waals surface area contributed by atoms with Crippen molar-refractivity contribution in [3.05, 3.63) is 64.8 Å². The summed E-state index contributed by atoms with van der Waals surface area (Å²) in [5.74, 6) is 0.540. The molecule has 1 aromatic carbocycles. The van der Waals surface area contributed by atoms with Crippen LogP contribution < -0.4 is 11.4 Å². The van der Waals surface area contributed by atoms with Crippen LogP contribution in [-0.4, -0.2) is 20.2 Å². The predicted molar refractivity (Wildman–Crippen MR) is 99.5 cm³/mol. The summed E-state index contributed by atoms with van der Waals surface area (Å²) in [6.45, 7) is 1.36. The molecule has 1 aliphatic rings. The molecule has 130 valence electrons. The van der Waals surface area contributed by atoms with Crippen LogP contribution in [0.15, 0.2) is 53.6 Å². The fraction of sp³-hybridized carbons (Fsp3) is 0.400. The van der Waals surface area contributed by atoms with Gasteiger partial charge >= 0.3 is 5.69 Å². The third-order valence-corrected chi connectivity index (χ3v) is 5.35. The quantitative estimate of drug-likeness (QED) is 0.797. The highest BCUT2D eigenvalue weighted by Crippen LogP contribution is 2.25. The van der Waals surface area contributed by atoms with Gasteiger partial charge in [0.2, 0.25) is 0 Å². The van der Waals surface area contributed by atoms with Gasteiger partial charge in [-0.05, 0) is 61.4 Å². The number of pyridine rings is 1. The molecule has 1 aliphatic carbocycles. The highest BCUT2D eigenvalue weighted by atomic mass is 16.1. The number of hydrogen-bond acceptors (Lipinski definition) is 3.